The molecule has 3 aromatic heterocycles. The number of nitrogens with two attached hydrogens (primary N) is 1. The molecular formula is C20H20N6O3S. The number of carbonyl (C=O) groups excluding carboxylic acids is 1. The molecule has 30 heavy (non-hydrogen) atoms. The molecule has 0 radical (unpaired) electrons. The maximum absolute atomic E-state index is 11.7. The highest BCUT2D eigenvalue weighted by molar-refractivity contribution is 7.20. The molecule has 1 atom stereocenters. The minimum Gasteiger partial charge on any atom is -0.457 e. The molecule has 4 rings (SSSR count). The minimum atomic E-state index is -0.333. The van der Waals surface area contributed by atoms with E-state index in [1.807, 2.05) is 29.0 Å². The van der Waals surface area contributed by atoms with Gasteiger partial charge < -0.3 is 20.9 Å². The van der Waals surface area contributed by atoms with Gasteiger partial charge in [-0.25, -0.2) is 9.97 Å². The molecule has 1 unspecified atom stereocenters. The van der Waals surface area contributed by atoms with Gasteiger partial charge in [-0.1, -0.05) is 11.3 Å². The molecule has 10 heteroatoms. The number of nitrogens with zero attached hydrogens (tertiary/aromatic N) is 4. The Hall–Kier alpha value is -3.34. The molecule has 9 nitrogen and oxygen atoms in total. The van der Waals surface area contributed by atoms with Gasteiger partial charge in [0.1, 0.15) is 23.5 Å². The van der Waals surface area contributed by atoms with Crippen LogP contribution in [0.15, 0.2) is 49.1 Å². The van der Waals surface area contributed by atoms with Crippen molar-refractivity contribution >= 4 is 27.5 Å². The number of hydrogen-bond donors (Lipinski definition) is 3. The van der Waals surface area contributed by atoms with Gasteiger partial charge in [0, 0.05) is 44.0 Å². The highest BCUT2D eigenvalue weighted by atomic mass is 32.1. The minimum absolute atomic E-state index is 0.0845. The monoisotopic (exact) mass is 424 g/mol. The molecule has 0 aliphatic carbocycles. The van der Waals surface area contributed by atoms with Crippen LogP contribution < -0.4 is 15.8 Å². The van der Waals surface area contributed by atoms with Crippen molar-refractivity contribution < 1.29 is 14.6 Å². The van der Waals surface area contributed by atoms with Crippen molar-refractivity contribution in [1.82, 2.24) is 24.8 Å². The number of aliphatic hydroxyl groups excluding tert-OH is 1. The van der Waals surface area contributed by atoms with Gasteiger partial charge in [0.15, 0.2) is 5.13 Å². The normalized spacial score (nSPS) is 12.1. The maximum atomic E-state index is 11.7. The lowest BCUT2D eigenvalue weighted by atomic mass is 10.2. The van der Waals surface area contributed by atoms with Crippen LogP contribution in [0.2, 0.25) is 0 Å². The van der Waals surface area contributed by atoms with Gasteiger partial charge in [0.2, 0.25) is 0 Å². The van der Waals surface area contributed by atoms with Gasteiger partial charge in [0.05, 0.1) is 22.5 Å². The summed E-state index contributed by atoms with van der Waals surface area (Å²) >= 11 is 1.50. The van der Waals surface area contributed by atoms with E-state index in [1.54, 1.807) is 25.5 Å². The number of aromatic nitrogens is 4. The summed E-state index contributed by atoms with van der Waals surface area (Å²) in [6.45, 7) is -0.0845. The first kappa shape index (κ1) is 20.0. The summed E-state index contributed by atoms with van der Waals surface area (Å²) in [7, 11) is 1.55. The summed E-state index contributed by atoms with van der Waals surface area (Å²) in [5.41, 5.74) is 7.69. The van der Waals surface area contributed by atoms with Crippen molar-refractivity contribution in [3.8, 4) is 16.6 Å². The second-order valence-corrected chi connectivity index (χ2v) is 7.61. The van der Waals surface area contributed by atoms with Crippen molar-refractivity contribution in [1.29, 1.82) is 0 Å². The zero-order valence-electron chi connectivity index (χ0n) is 16.1. The lowest BCUT2D eigenvalue weighted by Gasteiger charge is -2.06. The van der Waals surface area contributed by atoms with Gasteiger partial charge in [-0.15, -0.1) is 0 Å². The molecule has 1 aromatic carbocycles. The van der Waals surface area contributed by atoms with E-state index >= 15 is 0 Å². The predicted octanol–water partition coefficient (Wildman–Crippen LogP) is 1.89. The van der Waals surface area contributed by atoms with Crippen LogP contribution in [-0.4, -0.2) is 50.2 Å². The van der Waals surface area contributed by atoms with Crippen LogP contribution in [0.1, 0.15) is 16.2 Å². The van der Waals surface area contributed by atoms with Crippen LogP contribution in [0.25, 0.3) is 15.3 Å². The Kier molecular flexibility index (Phi) is 5.70. The Morgan fingerprint density at radius 1 is 1.30 bits per heavy atom. The Labute approximate surface area is 176 Å². The predicted molar refractivity (Wildman–Crippen MR) is 113 cm³/mol. The molecule has 0 fully saturated rings. The Morgan fingerprint density at radius 3 is 2.93 bits per heavy atom. The van der Waals surface area contributed by atoms with Crippen LogP contribution in [0.4, 0.5) is 0 Å². The fraction of sp³-hybridized carbons (Fsp3) is 0.200. The average molecular weight is 424 g/mol. The lowest BCUT2D eigenvalue weighted by molar-refractivity contribution is 0.0958. The number of nitrogens with one attached hydrogen (secondary N) is 1. The van der Waals surface area contributed by atoms with Crippen LogP contribution in [0, 0.1) is 0 Å². The molecule has 1 amide bonds. The number of hydrogen-bond acceptors (Lipinski definition) is 8. The van der Waals surface area contributed by atoms with Crippen molar-refractivity contribution in [2.75, 3.05) is 13.7 Å². The number of carbonyl (C=O) groups is 1. The lowest BCUT2D eigenvalue weighted by Crippen LogP contribution is -2.26. The zero-order valence-corrected chi connectivity index (χ0v) is 17.0. The quantitative estimate of drug-likeness (QED) is 0.413. The van der Waals surface area contributed by atoms with Crippen LogP contribution in [0.5, 0.6) is 11.5 Å². The van der Waals surface area contributed by atoms with E-state index in [9.17, 15) is 4.79 Å². The largest absolute Gasteiger partial charge is 0.457 e. The summed E-state index contributed by atoms with van der Waals surface area (Å²) in [5, 5.41) is 12.4. The third-order valence-electron chi connectivity index (χ3n) is 4.34. The van der Waals surface area contributed by atoms with E-state index < -0.39 is 0 Å². The topological polar surface area (TPSA) is 128 Å². The van der Waals surface area contributed by atoms with Gasteiger partial charge in [0.25, 0.3) is 5.91 Å². The van der Waals surface area contributed by atoms with E-state index in [0.717, 1.165) is 21.0 Å². The second-order valence-electron chi connectivity index (χ2n) is 6.60. The molecule has 4 aromatic rings. The highest BCUT2D eigenvalue weighted by Crippen LogP contribution is 2.30. The molecule has 3 heterocycles. The fourth-order valence-electron chi connectivity index (χ4n) is 2.84. The molecule has 154 valence electrons. The summed E-state index contributed by atoms with van der Waals surface area (Å²) in [6, 6.07) is 8.55. The molecule has 0 aliphatic rings. The van der Waals surface area contributed by atoms with Crippen LogP contribution in [-0.2, 0) is 6.42 Å². The molecule has 0 spiro atoms. The number of rotatable bonds is 7. The van der Waals surface area contributed by atoms with E-state index in [0.29, 0.717) is 17.9 Å². The van der Waals surface area contributed by atoms with Crippen LogP contribution in [0.3, 0.4) is 0 Å². The first-order chi connectivity index (χ1) is 14.6. The number of ether oxygens (including phenoxy) is 1. The number of benzene rings is 1. The van der Waals surface area contributed by atoms with Crippen molar-refractivity contribution in [3.63, 3.8) is 0 Å². The SMILES string of the molecule is CNC(=O)c1cc(Oc2ccc3nc(-n4cnc(CC(N)CO)c4)sc3c2)ccn1. The number of pyridine rings is 1. The van der Waals surface area contributed by atoms with Crippen molar-refractivity contribution in [2.45, 2.75) is 12.5 Å². The third-order valence-corrected chi connectivity index (χ3v) is 5.37. The first-order valence-electron chi connectivity index (χ1n) is 9.22. The van der Waals surface area contributed by atoms with Gasteiger partial charge >= 0.3 is 0 Å². The Morgan fingerprint density at radius 2 is 2.13 bits per heavy atom. The number of thiazole rings is 1. The Bertz CT molecular complexity index is 1190. The maximum Gasteiger partial charge on any atom is 0.269 e. The van der Waals surface area contributed by atoms with Crippen LogP contribution >= 0.6 is 11.3 Å². The molecule has 0 aliphatic heterocycles. The van der Waals surface area contributed by atoms with E-state index in [2.05, 4.69) is 20.3 Å². The highest BCUT2D eigenvalue weighted by Gasteiger charge is 2.11. The van der Waals surface area contributed by atoms with E-state index in [4.69, 9.17) is 15.6 Å². The molecule has 4 N–H and O–H groups in total. The smallest absolute Gasteiger partial charge is 0.269 e. The van der Waals surface area contributed by atoms with Crippen molar-refractivity contribution in [3.05, 3.63) is 60.4 Å². The third kappa shape index (κ3) is 4.30. The molecule has 0 bridgehead atoms. The van der Waals surface area contributed by atoms with Gasteiger partial charge in [-0.2, -0.15) is 0 Å². The summed E-state index contributed by atoms with van der Waals surface area (Å²) in [4.78, 5) is 24.7. The van der Waals surface area contributed by atoms with Crippen molar-refractivity contribution in [2.24, 2.45) is 5.73 Å². The standard InChI is InChI=1S/C20H20N6O3S/c1-22-19(28)17-7-15(4-5-23-17)29-14-2-3-16-18(8-14)30-20(25-16)26-9-13(24-11-26)6-12(21)10-27/h2-5,7-9,11-12,27H,6,10,21H2,1H3,(H,22,28). The summed E-state index contributed by atoms with van der Waals surface area (Å²) < 4.78 is 8.69. The first-order valence-corrected chi connectivity index (χ1v) is 10.0. The van der Waals surface area contributed by atoms with Gasteiger partial charge in [-0.3, -0.25) is 14.3 Å². The number of aliphatic hydroxyl groups is 1. The summed E-state index contributed by atoms with van der Waals surface area (Å²) in [6.07, 6.45) is 5.58. The number of fused-ring (bicyclic) bond motifs is 1. The fourth-order valence-corrected chi connectivity index (χ4v) is 3.78. The second kappa shape index (κ2) is 8.57. The molecular weight excluding hydrogens is 404 g/mol. The number of imidazole rings is 1. The van der Waals surface area contributed by atoms with E-state index in [-0.39, 0.29) is 24.2 Å². The molecule has 0 saturated carbocycles. The Balaban J connectivity index is 1.55. The average Bonchev–Trinajstić information content (AvgIpc) is 3.39. The van der Waals surface area contributed by atoms with E-state index in [1.165, 1.54) is 17.5 Å². The number of amides is 1. The summed E-state index contributed by atoms with van der Waals surface area (Å²) in [5.74, 6) is 0.877. The zero-order chi connectivity index (χ0) is 21.1. The molecule has 0 saturated heterocycles. The van der Waals surface area contributed by atoms with Gasteiger partial charge in [-0.05, 0) is 18.2 Å².